The molecule has 0 saturated heterocycles. The molecule has 2 aliphatic rings. The summed E-state index contributed by atoms with van der Waals surface area (Å²) in [5, 5.41) is 3.79. The van der Waals surface area contributed by atoms with Crippen molar-refractivity contribution in [3.63, 3.8) is 0 Å². The Bertz CT molecular complexity index is 673. The fourth-order valence-corrected chi connectivity index (χ4v) is 4.13. The highest BCUT2D eigenvalue weighted by Gasteiger charge is 2.42. The van der Waals surface area contributed by atoms with Crippen molar-refractivity contribution < 1.29 is 4.74 Å². The molecule has 1 spiro atoms. The molecular weight excluding hydrogens is 282 g/mol. The molecule has 0 aromatic heterocycles. The van der Waals surface area contributed by atoms with Crippen LogP contribution in [0, 0.1) is 6.92 Å². The summed E-state index contributed by atoms with van der Waals surface area (Å²) in [6.07, 6.45) is 6.09. The summed E-state index contributed by atoms with van der Waals surface area (Å²) in [6, 6.07) is 17.7. The second-order valence-electron chi connectivity index (χ2n) is 7.16. The number of fused-ring (bicyclic) bond motifs is 1. The predicted molar refractivity (Wildman–Crippen MR) is 93.6 cm³/mol. The van der Waals surface area contributed by atoms with E-state index in [0.29, 0.717) is 6.04 Å². The highest BCUT2D eigenvalue weighted by Crippen LogP contribution is 2.47. The number of hydrogen-bond acceptors (Lipinski definition) is 2. The van der Waals surface area contributed by atoms with Crippen molar-refractivity contribution in [1.82, 2.24) is 5.32 Å². The largest absolute Gasteiger partial charge is 0.487 e. The predicted octanol–water partition coefficient (Wildman–Crippen LogP) is 4.92. The van der Waals surface area contributed by atoms with E-state index >= 15 is 0 Å². The van der Waals surface area contributed by atoms with Gasteiger partial charge in [-0.15, -0.1) is 0 Å². The third-order valence-corrected chi connectivity index (χ3v) is 5.35. The van der Waals surface area contributed by atoms with Crippen molar-refractivity contribution in [2.75, 3.05) is 0 Å². The lowest BCUT2D eigenvalue weighted by molar-refractivity contribution is 0.0364. The van der Waals surface area contributed by atoms with E-state index in [0.717, 1.165) is 18.7 Å². The summed E-state index contributed by atoms with van der Waals surface area (Å²) < 4.78 is 6.48. The van der Waals surface area contributed by atoms with Gasteiger partial charge in [-0.25, -0.2) is 0 Å². The maximum absolute atomic E-state index is 6.48. The molecule has 23 heavy (non-hydrogen) atoms. The maximum Gasteiger partial charge on any atom is 0.124 e. The molecule has 2 aromatic rings. The summed E-state index contributed by atoms with van der Waals surface area (Å²) in [4.78, 5) is 0. The van der Waals surface area contributed by atoms with E-state index in [2.05, 4.69) is 60.8 Å². The fraction of sp³-hybridized carbons (Fsp3) is 0.429. The van der Waals surface area contributed by atoms with Crippen LogP contribution in [0.3, 0.4) is 0 Å². The Morgan fingerprint density at radius 1 is 1.09 bits per heavy atom. The summed E-state index contributed by atoms with van der Waals surface area (Å²) in [5.74, 6) is 1.09. The molecule has 0 amide bonds. The van der Waals surface area contributed by atoms with Crippen molar-refractivity contribution in [2.45, 2.75) is 57.2 Å². The van der Waals surface area contributed by atoms with Crippen LogP contribution in [0.4, 0.5) is 0 Å². The molecule has 0 bridgehead atoms. The van der Waals surface area contributed by atoms with Gasteiger partial charge in [0.2, 0.25) is 0 Å². The smallest absolute Gasteiger partial charge is 0.124 e. The highest BCUT2D eigenvalue weighted by atomic mass is 16.5. The van der Waals surface area contributed by atoms with Crippen molar-refractivity contribution >= 4 is 0 Å². The van der Waals surface area contributed by atoms with E-state index in [1.54, 1.807) is 0 Å². The number of nitrogens with one attached hydrogen (secondary N) is 1. The molecule has 1 aliphatic heterocycles. The van der Waals surface area contributed by atoms with Crippen molar-refractivity contribution in [1.29, 1.82) is 0 Å². The minimum absolute atomic E-state index is 0.0661. The summed E-state index contributed by atoms with van der Waals surface area (Å²) >= 11 is 0. The highest BCUT2D eigenvalue weighted by molar-refractivity contribution is 5.42. The molecule has 4 rings (SSSR count). The van der Waals surface area contributed by atoms with Crippen LogP contribution in [0.5, 0.6) is 5.75 Å². The van der Waals surface area contributed by atoms with Crippen LogP contribution in [0.1, 0.15) is 54.8 Å². The van der Waals surface area contributed by atoms with E-state index < -0.39 is 0 Å². The van der Waals surface area contributed by atoms with Crippen LogP contribution in [0.2, 0.25) is 0 Å². The SMILES string of the molecule is Cc1ccc2c(c1)C(NCc1ccccc1)CC1(CCCC1)O2. The lowest BCUT2D eigenvalue weighted by Crippen LogP contribution is -2.42. The Kier molecular flexibility index (Phi) is 3.86. The first kappa shape index (κ1) is 14.8. The lowest BCUT2D eigenvalue weighted by atomic mass is 9.85. The van der Waals surface area contributed by atoms with Crippen molar-refractivity contribution in [3.05, 3.63) is 65.2 Å². The average molecular weight is 307 g/mol. The zero-order valence-electron chi connectivity index (χ0n) is 13.8. The van der Waals surface area contributed by atoms with Gasteiger partial charge in [0.15, 0.2) is 0 Å². The Balaban J connectivity index is 1.60. The van der Waals surface area contributed by atoms with Gasteiger partial charge in [0.05, 0.1) is 0 Å². The van der Waals surface area contributed by atoms with Gasteiger partial charge in [0.25, 0.3) is 0 Å². The Morgan fingerprint density at radius 3 is 2.65 bits per heavy atom. The second-order valence-corrected chi connectivity index (χ2v) is 7.16. The van der Waals surface area contributed by atoms with Crippen LogP contribution in [-0.4, -0.2) is 5.60 Å². The van der Waals surface area contributed by atoms with Gasteiger partial charge in [-0.3, -0.25) is 0 Å². The van der Waals surface area contributed by atoms with Gasteiger partial charge in [-0.05, 0) is 44.2 Å². The summed E-state index contributed by atoms with van der Waals surface area (Å²) in [7, 11) is 0. The first-order valence-corrected chi connectivity index (χ1v) is 8.81. The molecule has 1 atom stereocenters. The number of ether oxygens (including phenoxy) is 1. The standard InChI is InChI=1S/C21H25NO/c1-16-9-10-20-18(13-16)19(14-21(23-20)11-5-6-12-21)22-15-17-7-3-2-4-8-17/h2-4,7-10,13,19,22H,5-6,11-12,14-15H2,1H3. The molecule has 1 saturated carbocycles. The molecular formula is C21H25NO. The van der Waals surface area contributed by atoms with Gasteiger partial charge < -0.3 is 10.1 Å². The van der Waals surface area contributed by atoms with Crippen LogP contribution in [0.25, 0.3) is 0 Å². The molecule has 1 N–H and O–H groups in total. The van der Waals surface area contributed by atoms with E-state index in [4.69, 9.17) is 4.74 Å². The Hall–Kier alpha value is -1.80. The summed E-state index contributed by atoms with van der Waals surface area (Å²) in [5.41, 5.74) is 4.05. The second kappa shape index (κ2) is 6.01. The minimum Gasteiger partial charge on any atom is -0.487 e. The normalized spacial score (nSPS) is 21.9. The van der Waals surface area contributed by atoms with Crippen LogP contribution in [-0.2, 0) is 6.54 Å². The number of rotatable bonds is 3. The molecule has 1 aliphatic carbocycles. The van der Waals surface area contributed by atoms with Crippen molar-refractivity contribution in [2.24, 2.45) is 0 Å². The van der Waals surface area contributed by atoms with E-state index in [9.17, 15) is 0 Å². The Labute approximate surface area is 138 Å². The number of aryl methyl sites for hydroxylation is 1. The molecule has 1 unspecified atom stereocenters. The molecule has 2 nitrogen and oxygen atoms in total. The first-order valence-electron chi connectivity index (χ1n) is 8.81. The van der Waals surface area contributed by atoms with Crippen LogP contribution in [0.15, 0.2) is 48.5 Å². The molecule has 120 valence electrons. The molecule has 0 radical (unpaired) electrons. The van der Waals surface area contributed by atoms with E-state index in [1.165, 1.54) is 42.4 Å². The maximum atomic E-state index is 6.48. The fourth-order valence-electron chi connectivity index (χ4n) is 4.13. The third kappa shape index (κ3) is 3.00. The van der Waals surface area contributed by atoms with Crippen LogP contribution < -0.4 is 10.1 Å². The lowest BCUT2D eigenvalue weighted by Gasteiger charge is -2.40. The van der Waals surface area contributed by atoms with Gasteiger partial charge >= 0.3 is 0 Å². The van der Waals surface area contributed by atoms with Gasteiger partial charge in [0.1, 0.15) is 11.4 Å². The van der Waals surface area contributed by atoms with Gasteiger partial charge in [0, 0.05) is 24.6 Å². The summed E-state index contributed by atoms with van der Waals surface area (Å²) in [6.45, 7) is 3.07. The van der Waals surface area contributed by atoms with E-state index in [-0.39, 0.29) is 5.60 Å². The molecule has 2 aromatic carbocycles. The first-order chi connectivity index (χ1) is 11.2. The van der Waals surface area contributed by atoms with Gasteiger partial charge in [-0.2, -0.15) is 0 Å². The number of benzene rings is 2. The van der Waals surface area contributed by atoms with Crippen molar-refractivity contribution in [3.8, 4) is 5.75 Å². The molecule has 1 fully saturated rings. The zero-order chi connectivity index (χ0) is 15.7. The molecule has 2 heteroatoms. The monoisotopic (exact) mass is 307 g/mol. The van der Waals surface area contributed by atoms with E-state index in [1.807, 2.05) is 0 Å². The minimum atomic E-state index is 0.0661. The zero-order valence-corrected chi connectivity index (χ0v) is 13.8. The Morgan fingerprint density at radius 2 is 1.87 bits per heavy atom. The topological polar surface area (TPSA) is 21.3 Å². The average Bonchev–Trinajstić information content (AvgIpc) is 3.02. The van der Waals surface area contributed by atoms with Gasteiger partial charge in [-0.1, -0.05) is 48.0 Å². The van der Waals surface area contributed by atoms with Crippen LogP contribution >= 0.6 is 0 Å². The quantitative estimate of drug-likeness (QED) is 0.869. The third-order valence-electron chi connectivity index (χ3n) is 5.35. The molecule has 1 heterocycles. The number of hydrogen-bond donors (Lipinski definition) is 1.